The van der Waals surface area contributed by atoms with Crippen molar-refractivity contribution in [3.05, 3.63) is 34.9 Å². The molecule has 0 saturated heterocycles. The fourth-order valence-electron chi connectivity index (χ4n) is 2.21. The van der Waals surface area contributed by atoms with Crippen LogP contribution in [-0.2, 0) is 6.42 Å². The molecule has 0 aliphatic heterocycles. The fourth-order valence-corrected chi connectivity index (χ4v) is 2.42. The maximum Gasteiger partial charge on any atom is 0.0408 e. The normalized spacial score (nSPS) is 15.3. The Morgan fingerprint density at radius 1 is 1.26 bits per heavy atom. The predicted molar refractivity (Wildman–Crippen MR) is 85.9 cm³/mol. The van der Waals surface area contributed by atoms with Crippen molar-refractivity contribution >= 4 is 11.6 Å². The summed E-state index contributed by atoms with van der Waals surface area (Å²) in [7, 11) is 0. The third-order valence-corrected chi connectivity index (χ3v) is 3.97. The molecule has 0 heterocycles. The molecule has 2 atom stereocenters. The Morgan fingerprint density at radius 3 is 2.47 bits per heavy atom. The van der Waals surface area contributed by atoms with Gasteiger partial charge in [-0.25, -0.2) is 0 Å². The van der Waals surface area contributed by atoms with Gasteiger partial charge in [-0.1, -0.05) is 44.0 Å². The molecule has 0 bridgehead atoms. The van der Waals surface area contributed by atoms with Crippen molar-refractivity contribution in [2.24, 2.45) is 11.8 Å². The maximum absolute atomic E-state index is 6.08. The summed E-state index contributed by atoms with van der Waals surface area (Å²) < 4.78 is 0. The molecule has 0 aromatic heterocycles. The van der Waals surface area contributed by atoms with E-state index < -0.39 is 0 Å². The lowest BCUT2D eigenvalue weighted by atomic mass is 9.85. The number of hydrogen-bond donors (Lipinski definition) is 1. The largest absolute Gasteiger partial charge is 0.312 e. The molecule has 2 unspecified atom stereocenters. The Labute approximate surface area is 123 Å². The summed E-state index contributed by atoms with van der Waals surface area (Å²) in [6.45, 7) is 12.3. The van der Waals surface area contributed by atoms with E-state index in [0.717, 1.165) is 18.0 Å². The molecule has 0 amide bonds. The van der Waals surface area contributed by atoms with Crippen LogP contribution in [0.3, 0.4) is 0 Å². The highest BCUT2D eigenvalue weighted by Crippen LogP contribution is 2.22. The minimum absolute atomic E-state index is 0.181. The van der Waals surface area contributed by atoms with E-state index in [4.69, 9.17) is 11.6 Å². The quantitative estimate of drug-likeness (QED) is 0.779. The molecular weight excluding hydrogens is 254 g/mol. The number of nitrogens with one attached hydrogen (secondary N) is 1. The average Bonchev–Trinajstić information content (AvgIpc) is 2.32. The van der Waals surface area contributed by atoms with Crippen LogP contribution in [-0.4, -0.2) is 12.1 Å². The zero-order valence-electron chi connectivity index (χ0n) is 13.0. The SMILES string of the molecule is CCC(C)C(CNC(C)(C)C)Cc1cccc(Cl)c1. The number of benzene rings is 1. The molecule has 0 fully saturated rings. The third-order valence-electron chi connectivity index (χ3n) is 3.73. The van der Waals surface area contributed by atoms with Gasteiger partial charge in [-0.3, -0.25) is 0 Å². The Hall–Kier alpha value is -0.530. The summed E-state index contributed by atoms with van der Waals surface area (Å²) in [6, 6.07) is 8.26. The second kappa shape index (κ2) is 7.31. The highest BCUT2D eigenvalue weighted by Gasteiger charge is 2.19. The third kappa shape index (κ3) is 6.44. The van der Waals surface area contributed by atoms with Crippen LogP contribution in [0.4, 0.5) is 0 Å². The van der Waals surface area contributed by atoms with Crippen LogP contribution in [0.5, 0.6) is 0 Å². The van der Waals surface area contributed by atoms with Crippen molar-refractivity contribution in [1.82, 2.24) is 5.32 Å². The van der Waals surface area contributed by atoms with Crippen LogP contribution in [0, 0.1) is 11.8 Å². The second-order valence-corrected chi connectivity index (χ2v) is 7.05. The molecule has 2 heteroatoms. The molecule has 1 nitrogen and oxygen atoms in total. The Bertz CT molecular complexity index is 381. The van der Waals surface area contributed by atoms with E-state index in [1.807, 2.05) is 12.1 Å². The monoisotopic (exact) mass is 281 g/mol. The molecular formula is C17H28ClN. The number of hydrogen-bond acceptors (Lipinski definition) is 1. The first-order valence-corrected chi connectivity index (χ1v) is 7.69. The lowest BCUT2D eigenvalue weighted by Crippen LogP contribution is -2.41. The first-order valence-electron chi connectivity index (χ1n) is 7.31. The average molecular weight is 282 g/mol. The standard InChI is InChI=1S/C17H28ClN/c1-6-13(2)15(12-19-17(3,4)5)10-14-8-7-9-16(18)11-14/h7-9,11,13,15,19H,6,10,12H2,1-5H3. The van der Waals surface area contributed by atoms with Crippen molar-refractivity contribution < 1.29 is 0 Å². The summed E-state index contributed by atoms with van der Waals surface area (Å²) in [6.07, 6.45) is 2.32. The summed E-state index contributed by atoms with van der Waals surface area (Å²) in [5.41, 5.74) is 1.52. The van der Waals surface area contributed by atoms with E-state index in [1.54, 1.807) is 0 Å². The second-order valence-electron chi connectivity index (χ2n) is 6.61. The Morgan fingerprint density at radius 2 is 1.95 bits per heavy atom. The minimum atomic E-state index is 0.181. The predicted octanol–water partition coefficient (Wildman–Crippen LogP) is 4.93. The van der Waals surface area contributed by atoms with Crippen LogP contribution >= 0.6 is 11.6 Å². The molecule has 0 radical (unpaired) electrons. The summed E-state index contributed by atoms with van der Waals surface area (Å²) >= 11 is 6.08. The van der Waals surface area contributed by atoms with Gasteiger partial charge in [-0.2, -0.15) is 0 Å². The zero-order valence-corrected chi connectivity index (χ0v) is 13.7. The summed E-state index contributed by atoms with van der Waals surface area (Å²) in [5.74, 6) is 1.37. The molecule has 1 rings (SSSR count). The molecule has 0 aliphatic rings. The van der Waals surface area contributed by atoms with E-state index >= 15 is 0 Å². The van der Waals surface area contributed by atoms with Gasteiger partial charge in [0.05, 0.1) is 0 Å². The molecule has 0 saturated carbocycles. The van der Waals surface area contributed by atoms with Gasteiger partial charge in [0.1, 0.15) is 0 Å². The van der Waals surface area contributed by atoms with Crippen molar-refractivity contribution in [2.75, 3.05) is 6.54 Å². The zero-order chi connectivity index (χ0) is 14.5. The van der Waals surface area contributed by atoms with Gasteiger partial charge < -0.3 is 5.32 Å². The highest BCUT2D eigenvalue weighted by atomic mass is 35.5. The van der Waals surface area contributed by atoms with Crippen molar-refractivity contribution in [3.63, 3.8) is 0 Å². The molecule has 108 valence electrons. The van der Waals surface area contributed by atoms with Gasteiger partial charge in [-0.05, 0) is 63.3 Å². The van der Waals surface area contributed by atoms with E-state index in [1.165, 1.54) is 12.0 Å². The van der Waals surface area contributed by atoms with E-state index in [2.05, 4.69) is 52.1 Å². The Kier molecular flexibility index (Phi) is 6.35. The lowest BCUT2D eigenvalue weighted by molar-refractivity contribution is 0.292. The number of rotatable bonds is 6. The van der Waals surface area contributed by atoms with Gasteiger partial charge in [-0.15, -0.1) is 0 Å². The van der Waals surface area contributed by atoms with Crippen LogP contribution in [0.2, 0.25) is 5.02 Å². The fraction of sp³-hybridized carbons (Fsp3) is 0.647. The van der Waals surface area contributed by atoms with Gasteiger partial charge in [0, 0.05) is 10.6 Å². The first kappa shape index (κ1) is 16.5. The van der Waals surface area contributed by atoms with E-state index in [9.17, 15) is 0 Å². The molecule has 1 N–H and O–H groups in total. The van der Waals surface area contributed by atoms with Gasteiger partial charge >= 0.3 is 0 Å². The van der Waals surface area contributed by atoms with Gasteiger partial charge in [0.25, 0.3) is 0 Å². The molecule has 0 spiro atoms. The molecule has 1 aromatic rings. The van der Waals surface area contributed by atoms with Gasteiger partial charge in [0.15, 0.2) is 0 Å². The first-order chi connectivity index (χ1) is 8.81. The summed E-state index contributed by atoms with van der Waals surface area (Å²) in [4.78, 5) is 0. The molecule has 0 aliphatic carbocycles. The van der Waals surface area contributed by atoms with Crippen molar-refractivity contribution in [3.8, 4) is 0 Å². The Balaban J connectivity index is 2.69. The van der Waals surface area contributed by atoms with Gasteiger partial charge in [0.2, 0.25) is 0 Å². The minimum Gasteiger partial charge on any atom is -0.312 e. The molecule has 19 heavy (non-hydrogen) atoms. The number of halogens is 1. The van der Waals surface area contributed by atoms with Crippen molar-refractivity contribution in [1.29, 1.82) is 0 Å². The molecule has 1 aromatic carbocycles. The maximum atomic E-state index is 6.08. The van der Waals surface area contributed by atoms with Crippen molar-refractivity contribution in [2.45, 2.75) is 53.0 Å². The highest BCUT2D eigenvalue weighted by molar-refractivity contribution is 6.30. The summed E-state index contributed by atoms with van der Waals surface area (Å²) in [5, 5.41) is 4.48. The van der Waals surface area contributed by atoms with Crippen LogP contribution < -0.4 is 5.32 Å². The van der Waals surface area contributed by atoms with E-state index in [0.29, 0.717) is 11.8 Å². The van der Waals surface area contributed by atoms with Crippen LogP contribution in [0.25, 0.3) is 0 Å². The smallest absolute Gasteiger partial charge is 0.0408 e. The van der Waals surface area contributed by atoms with Crippen LogP contribution in [0.1, 0.15) is 46.6 Å². The van der Waals surface area contributed by atoms with E-state index in [-0.39, 0.29) is 5.54 Å². The topological polar surface area (TPSA) is 12.0 Å². The lowest BCUT2D eigenvalue weighted by Gasteiger charge is -2.29. The van der Waals surface area contributed by atoms with Crippen LogP contribution in [0.15, 0.2) is 24.3 Å².